The molecule has 138 valence electrons. The van der Waals surface area contributed by atoms with E-state index in [-0.39, 0.29) is 12.4 Å². The third-order valence-corrected chi connectivity index (χ3v) is 6.77. The second-order valence-corrected chi connectivity index (χ2v) is 8.55. The molecule has 0 aliphatic carbocycles. The molecular weight excluding hydrogens is 382 g/mol. The predicted octanol–water partition coefficient (Wildman–Crippen LogP) is 4.49. The van der Waals surface area contributed by atoms with Crippen LogP contribution < -0.4 is 5.32 Å². The van der Waals surface area contributed by atoms with Crippen LogP contribution in [0.15, 0.2) is 74.9 Å². The van der Waals surface area contributed by atoms with E-state index in [1.165, 1.54) is 0 Å². The number of hydrogen-bond donors (Lipinski definition) is 1. The van der Waals surface area contributed by atoms with Gasteiger partial charge < -0.3 is 9.73 Å². The lowest BCUT2D eigenvalue weighted by molar-refractivity contribution is 0.500. The molecule has 1 N–H and O–H groups in total. The van der Waals surface area contributed by atoms with Crippen molar-refractivity contribution in [2.75, 3.05) is 6.54 Å². The minimum atomic E-state index is -3.59. The van der Waals surface area contributed by atoms with Gasteiger partial charge >= 0.3 is 0 Å². The van der Waals surface area contributed by atoms with Crippen LogP contribution >= 0.6 is 12.4 Å². The third-order valence-electron chi connectivity index (χ3n) is 5.02. The van der Waals surface area contributed by atoms with E-state index in [9.17, 15) is 8.42 Å². The zero-order chi connectivity index (χ0) is 17.7. The van der Waals surface area contributed by atoms with E-state index in [2.05, 4.69) is 5.32 Å². The van der Waals surface area contributed by atoms with E-state index in [1.54, 1.807) is 30.3 Å². The number of benzene rings is 3. The van der Waals surface area contributed by atoms with Crippen molar-refractivity contribution in [3.63, 3.8) is 0 Å². The molecule has 1 aromatic heterocycles. The van der Waals surface area contributed by atoms with Gasteiger partial charge in [-0.3, -0.25) is 0 Å². The number of rotatable bonds is 2. The lowest BCUT2D eigenvalue weighted by Gasteiger charge is -2.11. The molecule has 0 radical (unpaired) electrons. The van der Waals surface area contributed by atoms with E-state index in [0.717, 1.165) is 46.0 Å². The Morgan fingerprint density at radius 1 is 0.889 bits per heavy atom. The van der Waals surface area contributed by atoms with Gasteiger partial charge in [0.2, 0.25) is 9.84 Å². The zero-order valence-corrected chi connectivity index (χ0v) is 16.1. The van der Waals surface area contributed by atoms with E-state index in [1.807, 2.05) is 30.3 Å². The number of fused-ring (bicyclic) bond motifs is 4. The first-order valence-electron chi connectivity index (χ1n) is 8.62. The Morgan fingerprint density at radius 3 is 2.48 bits per heavy atom. The molecule has 0 saturated heterocycles. The lowest BCUT2D eigenvalue weighted by atomic mass is 10.1. The highest BCUT2D eigenvalue weighted by molar-refractivity contribution is 7.91. The fourth-order valence-electron chi connectivity index (χ4n) is 3.63. The molecule has 1 aliphatic rings. The summed E-state index contributed by atoms with van der Waals surface area (Å²) in [5.41, 5.74) is 1.82. The van der Waals surface area contributed by atoms with Gasteiger partial charge in [-0.15, -0.1) is 12.4 Å². The van der Waals surface area contributed by atoms with Crippen LogP contribution in [-0.4, -0.2) is 15.0 Å². The van der Waals surface area contributed by atoms with Crippen LogP contribution in [-0.2, 0) is 22.8 Å². The Balaban J connectivity index is 0.00000180. The molecule has 0 atom stereocenters. The largest absolute Gasteiger partial charge is 0.461 e. The molecular formula is C21H18ClNO3S. The van der Waals surface area contributed by atoms with Crippen molar-refractivity contribution in [3.8, 4) is 0 Å². The summed E-state index contributed by atoms with van der Waals surface area (Å²) in [7, 11) is -3.59. The fraction of sp³-hybridized carbons (Fsp3) is 0.143. The first-order chi connectivity index (χ1) is 12.6. The Hall–Kier alpha value is -2.34. The van der Waals surface area contributed by atoms with Crippen LogP contribution in [0.1, 0.15) is 11.3 Å². The van der Waals surface area contributed by atoms with Crippen molar-refractivity contribution in [1.29, 1.82) is 0 Å². The summed E-state index contributed by atoms with van der Waals surface area (Å²) >= 11 is 0. The average molecular weight is 400 g/mol. The number of furan rings is 1. The van der Waals surface area contributed by atoms with Crippen molar-refractivity contribution in [1.82, 2.24) is 5.32 Å². The second kappa shape index (κ2) is 6.68. The molecule has 0 fully saturated rings. The molecule has 4 aromatic rings. The van der Waals surface area contributed by atoms with Gasteiger partial charge in [0.1, 0.15) is 11.3 Å². The topological polar surface area (TPSA) is 59.3 Å². The molecule has 1 aliphatic heterocycles. The molecule has 27 heavy (non-hydrogen) atoms. The van der Waals surface area contributed by atoms with Gasteiger partial charge in [-0.2, -0.15) is 0 Å². The van der Waals surface area contributed by atoms with Crippen LogP contribution in [0, 0.1) is 0 Å². The number of sulfone groups is 1. The summed E-state index contributed by atoms with van der Waals surface area (Å²) in [6.45, 7) is 1.59. The van der Waals surface area contributed by atoms with Gasteiger partial charge in [-0.25, -0.2) is 8.42 Å². The van der Waals surface area contributed by atoms with Crippen LogP contribution in [0.2, 0.25) is 0 Å². The Kier molecular flexibility index (Phi) is 4.46. The second-order valence-electron chi connectivity index (χ2n) is 6.60. The molecule has 5 rings (SSSR count). The van der Waals surface area contributed by atoms with E-state index in [4.69, 9.17) is 4.42 Å². The first-order valence-corrected chi connectivity index (χ1v) is 10.1. The Labute approximate surface area is 163 Å². The summed E-state index contributed by atoms with van der Waals surface area (Å²) in [5.74, 6) is 0.957. The average Bonchev–Trinajstić information content (AvgIpc) is 3.05. The molecule has 4 nitrogen and oxygen atoms in total. The molecule has 0 unspecified atom stereocenters. The maximum absolute atomic E-state index is 13.2. The highest BCUT2D eigenvalue weighted by Gasteiger charge is 2.22. The zero-order valence-electron chi connectivity index (χ0n) is 14.4. The van der Waals surface area contributed by atoms with Crippen molar-refractivity contribution in [3.05, 3.63) is 72.0 Å². The third kappa shape index (κ3) is 2.92. The number of nitrogens with one attached hydrogen (secondary N) is 1. The monoisotopic (exact) mass is 399 g/mol. The quantitative estimate of drug-likeness (QED) is 0.539. The predicted molar refractivity (Wildman–Crippen MR) is 108 cm³/mol. The Morgan fingerprint density at radius 2 is 1.63 bits per heavy atom. The van der Waals surface area contributed by atoms with Gasteiger partial charge in [0, 0.05) is 30.5 Å². The molecule has 6 heteroatoms. The molecule has 0 spiro atoms. The molecule has 0 bridgehead atoms. The molecule has 2 heterocycles. The summed E-state index contributed by atoms with van der Waals surface area (Å²) in [6.07, 6.45) is 0.830. The van der Waals surface area contributed by atoms with Crippen molar-refractivity contribution < 1.29 is 12.8 Å². The molecule has 0 amide bonds. The maximum atomic E-state index is 13.2. The minimum absolute atomic E-state index is 0. The summed E-state index contributed by atoms with van der Waals surface area (Å²) in [5, 5.41) is 6.14. The maximum Gasteiger partial charge on any atom is 0.206 e. The van der Waals surface area contributed by atoms with Crippen molar-refractivity contribution in [2.24, 2.45) is 0 Å². The van der Waals surface area contributed by atoms with Gasteiger partial charge in [0.05, 0.1) is 9.79 Å². The summed E-state index contributed by atoms with van der Waals surface area (Å²) < 4.78 is 32.2. The summed E-state index contributed by atoms with van der Waals surface area (Å²) in [6, 6.07) is 18.2. The molecule has 0 saturated carbocycles. The normalized spacial score (nSPS) is 14.1. The van der Waals surface area contributed by atoms with Crippen molar-refractivity contribution in [2.45, 2.75) is 22.8 Å². The highest BCUT2D eigenvalue weighted by Crippen LogP contribution is 2.32. The van der Waals surface area contributed by atoms with Crippen LogP contribution in [0.3, 0.4) is 0 Å². The standard InChI is InChI=1S/C21H17NO3S.ClH/c23-26(24,16-6-5-14-3-1-2-4-15(14)11-16)17-7-8-20-18(12-17)19-13-22-10-9-21(19)25-20;/h1-8,11-12,22H,9-10,13H2;1H. The number of hydrogen-bond acceptors (Lipinski definition) is 4. The fourth-order valence-corrected chi connectivity index (χ4v) is 4.95. The van der Waals surface area contributed by atoms with E-state index >= 15 is 0 Å². The molecule has 3 aromatic carbocycles. The van der Waals surface area contributed by atoms with Crippen LogP contribution in [0.4, 0.5) is 0 Å². The van der Waals surface area contributed by atoms with Gasteiger partial charge in [-0.05, 0) is 41.1 Å². The van der Waals surface area contributed by atoms with Gasteiger partial charge in [-0.1, -0.05) is 30.3 Å². The minimum Gasteiger partial charge on any atom is -0.461 e. The van der Waals surface area contributed by atoms with Gasteiger partial charge in [0.15, 0.2) is 0 Å². The lowest BCUT2D eigenvalue weighted by Crippen LogP contribution is -2.22. The first kappa shape index (κ1) is 18.0. The number of halogens is 1. The summed E-state index contributed by atoms with van der Waals surface area (Å²) in [4.78, 5) is 0.612. The van der Waals surface area contributed by atoms with Crippen molar-refractivity contribution >= 4 is 44.0 Å². The highest BCUT2D eigenvalue weighted by atomic mass is 35.5. The van der Waals surface area contributed by atoms with E-state index in [0.29, 0.717) is 16.3 Å². The van der Waals surface area contributed by atoms with Crippen LogP contribution in [0.25, 0.3) is 21.7 Å². The van der Waals surface area contributed by atoms with Crippen LogP contribution in [0.5, 0.6) is 0 Å². The smallest absolute Gasteiger partial charge is 0.206 e. The Bertz CT molecular complexity index is 1260. The SMILES string of the molecule is Cl.O=S(=O)(c1ccc2ccccc2c1)c1ccc2oc3c(c2c1)CNCC3. The van der Waals surface area contributed by atoms with Gasteiger partial charge in [0.25, 0.3) is 0 Å². The van der Waals surface area contributed by atoms with E-state index < -0.39 is 9.84 Å².